The zero-order chi connectivity index (χ0) is 10.5. The van der Waals surface area contributed by atoms with E-state index in [1.165, 1.54) is 0 Å². The van der Waals surface area contributed by atoms with Crippen LogP contribution in [0.1, 0.15) is 20.8 Å². The third-order valence-corrected chi connectivity index (χ3v) is 3.10. The van der Waals surface area contributed by atoms with Gasteiger partial charge in [0.25, 0.3) is 0 Å². The van der Waals surface area contributed by atoms with E-state index in [9.17, 15) is 5.11 Å². The molecule has 1 unspecified atom stereocenters. The zero-order valence-electron chi connectivity index (χ0n) is 9.50. The van der Waals surface area contributed by atoms with Crippen LogP contribution in [-0.4, -0.2) is 47.8 Å². The minimum atomic E-state index is -0.562. The number of nitrogens with zero attached hydrogens (tertiary/aromatic N) is 1. The normalized spacial score (nSPS) is 16.6. The van der Waals surface area contributed by atoms with Crippen LogP contribution < -0.4 is 0 Å². The number of likely N-dealkylation sites (N-methyl/N-ethyl adjacent to an activating group) is 1. The van der Waals surface area contributed by atoms with E-state index in [4.69, 9.17) is 0 Å². The van der Waals surface area contributed by atoms with Crippen LogP contribution in [0.15, 0.2) is 0 Å². The van der Waals surface area contributed by atoms with Crippen molar-refractivity contribution in [1.29, 1.82) is 0 Å². The van der Waals surface area contributed by atoms with Crippen LogP contribution in [0.5, 0.6) is 0 Å². The van der Waals surface area contributed by atoms with E-state index in [0.717, 1.165) is 18.8 Å². The molecule has 1 atom stereocenters. The number of thioether (sulfide) groups is 1. The van der Waals surface area contributed by atoms with E-state index >= 15 is 0 Å². The van der Waals surface area contributed by atoms with Gasteiger partial charge in [-0.3, -0.25) is 0 Å². The van der Waals surface area contributed by atoms with Gasteiger partial charge in [-0.15, -0.1) is 0 Å². The lowest BCUT2D eigenvalue weighted by Crippen LogP contribution is -2.43. The molecule has 0 radical (unpaired) electrons. The van der Waals surface area contributed by atoms with Gasteiger partial charge >= 0.3 is 0 Å². The van der Waals surface area contributed by atoms with Crippen molar-refractivity contribution in [3.8, 4) is 0 Å². The quantitative estimate of drug-likeness (QED) is 0.714. The summed E-state index contributed by atoms with van der Waals surface area (Å²) in [5.41, 5.74) is -0.562. The van der Waals surface area contributed by atoms with E-state index in [1.807, 2.05) is 18.7 Å². The Balaban J connectivity index is 3.82. The van der Waals surface area contributed by atoms with Gasteiger partial charge in [-0.25, -0.2) is 0 Å². The molecule has 0 aliphatic carbocycles. The van der Waals surface area contributed by atoms with Crippen LogP contribution in [0.4, 0.5) is 0 Å². The SMILES string of the molecule is CSCCN(C)CC(C)(O)C(C)C. The van der Waals surface area contributed by atoms with E-state index in [1.54, 1.807) is 0 Å². The minimum absolute atomic E-state index is 0.309. The van der Waals surface area contributed by atoms with Crippen LogP contribution >= 0.6 is 11.8 Å². The molecule has 13 heavy (non-hydrogen) atoms. The summed E-state index contributed by atoms with van der Waals surface area (Å²) in [4.78, 5) is 2.19. The fraction of sp³-hybridized carbons (Fsp3) is 1.00. The van der Waals surface area contributed by atoms with Crippen molar-refractivity contribution in [3.63, 3.8) is 0 Å². The first-order chi connectivity index (χ1) is 5.90. The van der Waals surface area contributed by atoms with Crippen molar-refractivity contribution >= 4 is 11.8 Å². The second-order valence-electron chi connectivity index (χ2n) is 4.24. The van der Waals surface area contributed by atoms with Crippen LogP contribution in [0.2, 0.25) is 0 Å². The Labute approximate surface area is 86.7 Å². The minimum Gasteiger partial charge on any atom is -0.389 e. The fourth-order valence-corrected chi connectivity index (χ4v) is 1.55. The van der Waals surface area contributed by atoms with E-state index < -0.39 is 5.60 Å². The van der Waals surface area contributed by atoms with Crippen LogP contribution in [0.25, 0.3) is 0 Å². The van der Waals surface area contributed by atoms with Crippen LogP contribution in [0.3, 0.4) is 0 Å². The summed E-state index contributed by atoms with van der Waals surface area (Å²) < 4.78 is 0. The van der Waals surface area contributed by atoms with Crippen LogP contribution in [-0.2, 0) is 0 Å². The van der Waals surface area contributed by atoms with Crippen molar-refractivity contribution in [1.82, 2.24) is 4.90 Å². The summed E-state index contributed by atoms with van der Waals surface area (Å²) in [6.45, 7) is 7.83. The third kappa shape index (κ3) is 5.55. The van der Waals surface area contributed by atoms with E-state index in [2.05, 4.69) is 32.1 Å². The largest absolute Gasteiger partial charge is 0.389 e. The van der Waals surface area contributed by atoms with Crippen molar-refractivity contribution in [3.05, 3.63) is 0 Å². The Bertz CT molecular complexity index is 137. The molecule has 0 rings (SSSR count). The van der Waals surface area contributed by atoms with Gasteiger partial charge < -0.3 is 10.0 Å². The van der Waals surface area contributed by atoms with Gasteiger partial charge in [0.15, 0.2) is 0 Å². The van der Waals surface area contributed by atoms with Crippen molar-refractivity contribution in [2.45, 2.75) is 26.4 Å². The van der Waals surface area contributed by atoms with Gasteiger partial charge in [0, 0.05) is 18.8 Å². The molecule has 80 valence electrons. The maximum atomic E-state index is 10.0. The lowest BCUT2D eigenvalue weighted by atomic mass is 9.92. The summed E-state index contributed by atoms with van der Waals surface area (Å²) in [5.74, 6) is 1.44. The van der Waals surface area contributed by atoms with E-state index in [-0.39, 0.29) is 0 Å². The first-order valence-corrected chi connectivity index (χ1v) is 6.19. The highest BCUT2D eigenvalue weighted by Crippen LogP contribution is 2.16. The molecule has 0 aromatic rings. The Hall–Kier alpha value is 0.270. The monoisotopic (exact) mass is 205 g/mol. The van der Waals surface area contributed by atoms with Crippen LogP contribution in [0, 0.1) is 5.92 Å². The molecule has 0 bridgehead atoms. The number of rotatable bonds is 6. The average Bonchev–Trinajstić information content (AvgIpc) is 1.99. The molecular weight excluding hydrogens is 182 g/mol. The molecule has 3 heteroatoms. The maximum absolute atomic E-state index is 10.0. The standard InChI is InChI=1S/C10H23NOS/c1-9(2)10(3,12)8-11(4)6-7-13-5/h9,12H,6-8H2,1-5H3. The molecule has 0 aliphatic heterocycles. The first-order valence-electron chi connectivity index (χ1n) is 4.80. The molecule has 0 aromatic heterocycles. The molecule has 0 fully saturated rings. The smallest absolute Gasteiger partial charge is 0.0768 e. The van der Waals surface area contributed by atoms with Gasteiger partial charge in [0.2, 0.25) is 0 Å². The third-order valence-electron chi connectivity index (χ3n) is 2.51. The van der Waals surface area contributed by atoms with Gasteiger partial charge in [-0.1, -0.05) is 13.8 Å². The highest BCUT2D eigenvalue weighted by atomic mass is 32.2. The predicted molar refractivity (Wildman–Crippen MR) is 61.3 cm³/mol. The lowest BCUT2D eigenvalue weighted by Gasteiger charge is -2.32. The Kier molecular flexibility index (Phi) is 6.01. The van der Waals surface area contributed by atoms with Gasteiger partial charge in [0.05, 0.1) is 5.60 Å². The highest BCUT2D eigenvalue weighted by molar-refractivity contribution is 7.98. The number of hydrogen-bond acceptors (Lipinski definition) is 3. The van der Waals surface area contributed by atoms with Crippen molar-refractivity contribution in [2.75, 3.05) is 32.1 Å². The van der Waals surface area contributed by atoms with Gasteiger partial charge in [-0.05, 0) is 26.1 Å². The molecule has 2 nitrogen and oxygen atoms in total. The average molecular weight is 205 g/mol. The summed E-state index contributed by atoms with van der Waals surface area (Å²) in [5, 5.41) is 10.0. The van der Waals surface area contributed by atoms with Crippen molar-refractivity contribution in [2.24, 2.45) is 5.92 Å². The molecule has 0 saturated carbocycles. The zero-order valence-corrected chi connectivity index (χ0v) is 10.3. The molecule has 0 spiro atoms. The van der Waals surface area contributed by atoms with Crippen molar-refractivity contribution < 1.29 is 5.11 Å². The topological polar surface area (TPSA) is 23.5 Å². The molecule has 1 N–H and O–H groups in total. The van der Waals surface area contributed by atoms with Gasteiger partial charge in [-0.2, -0.15) is 11.8 Å². The lowest BCUT2D eigenvalue weighted by molar-refractivity contribution is -0.0117. The Morgan fingerprint density at radius 3 is 2.38 bits per heavy atom. The summed E-state index contributed by atoms with van der Waals surface area (Å²) in [7, 11) is 2.06. The number of aliphatic hydroxyl groups is 1. The molecule has 0 aromatic carbocycles. The predicted octanol–water partition coefficient (Wildman–Crippen LogP) is 1.69. The van der Waals surface area contributed by atoms with E-state index in [0.29, 0.717) is 5.92 Å². The maximum Gasteiger partial charge on any atom is 0.0768 e. The first kappa shape index (κ1) is 13.3. The second-order valence-corrected chi connectivity index (χ2v) is 5.23. The molecule has 0 saturated heterocycles. The second kappa shape index (κ2) is 5.89. The van der Waals surface area contributed by atoms with Gasteiger partial charge in [0.1, 0.15) is 0 Å². The summed E-state index contributed by atoms with van der Waals surface area (Å²) in [6, 6.07) is 0. The summed E-state index contributed by atoms with van der Waals surface area (Å²) in [6.07, 6.45) is 2.11. The number of hydrogen-bond donors (Lipinski definition) is 1. The molecular formula is C10H23NOS. The Morgan fingerprint density at radius 2 is 2.00 bits per heavy atom. The molecule has 0 aliphatic rings. The molecule has 0 amide bonds. The Morgan fingerprint density at radius 1 is 1.46 bits per heavy atom. The summed E-state index contributed by atoms with van der Waals surface area (Å²) >= 11 is 1.84. The highest BCUT2D eigenvalue weighted by Gasteiger charge is 2.25. The molecule has 0 heterocycles. The fourth-order valence-electron chi connectivity index (χ4n) is 1.06.